The number of hydrogen-bond acceptors (Lipinski definition) is 3. The van der Waals surface area contributed by atoms with E-state index >= 15 is 0 Å². The zero-order valence-corrected chi connectivity index (χ0v) is 11.5. The lowest BCUT2D eigenvalue weighted by Gasteiger charge is -2.05. The Bertz CT molecular complexity index is 499. The second-order valence-corrected chi connectivity index (χ2v) is 4.97. The van der Waals surface area contributed by atoms with Crippen molar-refractivity contribution in [3.63, 3.8) is 0 Å². The normalized spacial score (nSPS) is 10.2. The number of anilines is 2. The van der Waals surface area contributed by atoms with Crippen LogP contribution in [0.5, 0.6) is 0 Å². The first-order valence-electron chi connectivity index (χ1n) is 4.66. The minimum absolute atomic E-state index is 0.570. The topological polar surface area (TPSA) is 37.8 Å². The van der Waals surface area contributed by atoms with Crippen molar-refractivity contribution in [3.8, 4) is 0 Å². The molecular formula is C11H9ClIN3. The highest BCUT2D eigenvalue weighted by atomic mass is 127. The SMILES string of the molecule is Cc1ccc(Nc2ncc(I)cn2)cc1Cl. The summed E-state index contributed by atoms with van der Waals surface area (Å²) in [6.07, 6.45) is 3.51. The monoisotopic (exact) mass is 345 g/mol. The first-order valence-corrected chi connectivity index (χ1v) is 6.11. The van der Waals surface area contributed by atoms with Crippen LogP contribution in [0.1, 0.15) is 5.56 Å². The van der Waals surface area contributed by atoms with Gasteiger partial charge in [0.25, 0.3) is 0 Å². The maximum atomic E-state index is 6.02. The molecule has 0 aliphatic heterocycles. The fourth-order valence-electron chi connectivity index (χ4n) is 1.18. The molecule has 0 bridgehead atoms. The summed E-state index contributed by atoms with van der Waals surface area (Å²) in [5.74, 6) is 0.570. The number of nitrogens with zero attached hydrogens (tertiary/aromatic N) is 2. The summed E-state index contributed by atoms with van der Waals surface area (Å²) in [5.41, 5.74) is 1.94. The van der Waals surface area contributed by atoms with E-state index < -0.39 is 0 Å². The molecule has 2 rings (SSSR count). The molecule has 1 aromatic heterocycles. The molecule has 0 aliphatic carbocycles. The van der Waals surface area contributed by atoms with Crippen molar-refractivity contribution in [3.05, 3.63) is 44.7 Å². The lowest BCUT2D eigenvalue weighted by molar-refractivity contribution is 1.15. The molecule has 1 heterocycles. The largest absolute Gasteiger partial charge is 0.324 e. The van der Waals surface area contributed by atoms with Crippen LogP contribution in [0.4, 0.5) is 11.6 Å². The Morgan fingerprint density at radius 3 is 2.56 bits per heavy atom. The Morgan fingerprint density at radius 1 is 1.25 bits per heavy atom. The van der Waals surface area contributed by atoms with Gasteiger partial charge in [-0.05, 0) is 47.2 Å². The Kier molecular flexibility index (Phi) is 3.60. The molecule has 1 N–H and O–H groups in total. The first kappa shape index (κ1) is 11.6. The van der Waals surface area contributed by atoms with Crippen LogP contribution in [0.15, 0.2) is 30.6 Å². The number of aryl methyl sites for hydroxylation is 1. The molecule has 1 aromatic carbocycles. The average molecular weight is 346 g/mol. The van der Waals surface area contributed by atoms with Gasteiger partial charge in [-0.2, -0.15) is 0 Å². The highest BCUT2D eigenvalue weighted by Gasteiger charge is 2.00. The van der Waals surface area contributed by atoms with Crippen LogP contribution in [0.2, 0.25) is 5.02 Å². The zero-order valence-electron chi connectivity index (χ0n) is 8.54. The standard InChI is InChI=1S/C11H9ClIN3/c1-7-2-3-9(4-10(7)12)16-11-14-5-8(13)6-15-11/h2-6H,1H3,(H,14,15,16). The number of hydrogen-bond donors (Lipinski definition) is 1. The van der Waals surface area contributed by atoms with Crippen molar-refractivity contribution in [1.82, 2.24) is 9.97 Å². The molecule has 5 heteroatoms. The number of benzene rings is 1. The summed E-state index contributed by atoms with van der Waals surface area (Å²) in [4.78, 5) is 8.31. The van der Waals surface area contributed by atoms with Crippen molar-refractivity contribution in [2.45, 2.75) is 6.92 Å². The van der Waals surface area contributed by atoms with E-state index in [0.717, 1.165) is 19.8 Å². The second kappa shape index (κ2) is 4.97. The second-order valence-electron chi connectivity index (χ2n) is 3.31. The Balaban J connectivity index is 2.20. The Hall–Kier alpha value is -0.880. The van der Waals surface area contributed by atoms with Gasteiger partial charge in [0, 0.05) is 26.7 Å². The lowest BCUT2D eigenvalue weighted by atomic mass is 10.2. The molecule has 3 nitrogen and oxygen atoms in total. The molecule has 16 heavy (non-hydrogen) atoms. The van der Waals surface area contributed by atoms with Crippen LogP contribution < -0.4 is 5.32 Å². The lowest BCUT2D eigenvalue weighted by Crippen LogP contribution is -1.96. The number of aromatic nitrogens is 2. The first-order chi connectivity index (χ1) is 7.65. The molecule has 0 amide bonds. The van der Waals surface area contributed by atoms with Gasteiger partial charge < -0.3 is 5.32 Å². The van der Waals surface area contributed by atoms with Gasteiger partial charge in [0.2, 0.25) is 5.95 Å². The Morgan fingerprint density at radius 2 is 1.94 bits per heavy atom. The predicted octanol–water partition coefficient (Wildman–Crippen LogP) is 3.79. The van der Waals surface area contributed by atoms with E-state index in [4.69, 9.17) is 11.6 Å². The molecule has 0 radical (unpaired) electrons. The third-order valence-electron chi connectivity index (χ3n) is 2.05. The van der Waals surface area contributed by atoms with E-state index in [0.29, 0.717) is 5.95 Å². The summed E-state index contributed by atoms with van der Waals surface area (Å²) < 4.78 is 1.00. The third-order valence-corrected chi connectivity index (χ3v) is 3.01. The fraction of sp³-hybridized carbons (Fsp3) is 0.0909. The van der Waals surface area contributed by atoms with Gasteiger partial charge >= 0.3 is 0 Å². The highest BCUT2D eigenvalue weighted by molar-refractivity contribution is 14.1. The van der Waals surface area contributed by atoms with E-state index in [-0.39, 0.29) is 0 Å². The number of rotatable bonds is 2. The van der Waals surface area contributed by atoms with Crippen LogP contribution >= 0.6 is 34.2 Å². The molecule has 0 aliphatic rings. The summed E-state index contributed by atoms with van der Waals surface area (Å²) in [6, 6.07) is 5.76. The van der Waals surface area contributed by atoms with Crippen molar-refractivity contribution >= 4 is 45.8 Å². The summed E-state index contributed by atoms with van der Waals surface area (Å²) in [6.45, 7) is 1.97. The maximum absolute atomic E-state index is 6.02. The summed E-state index contributed by atoms with van der Waals surface area (Å²) >= 11 is 8.19. The molecule has 0 spiro atoms. The third kappa shape index (κ3) is 2.82. The molecule has 0 fully saturated rings. The van der Waals surface area contributed by atoms with Crippen LogP contribution in [0.3, 0.4) is 0 Å². The Labute approximate surface area is 112 Å². The maximum Gasteiger partial charge on any atom is 0.227 e. The molecule has 82 valence electrons. The smallest absolute Gasteiger partial charge is 0.227 e. The van der Waals surface area contributed by atoms with E-state index in [1.54, 1.807) is 12.4 Å². The van der Waals surface area contributed by atoms with Gasteiger partial charge in [-0.15, -0.1) is 0 Å². The highest BCUT2D eigenvalue weighted by Crippen LogP contribution is 2.21. The van der Waals surface area contributed by atoms with Gasteiger partial charge in [-0.1, -0.05) is 17.7 Å². The van der Waals surface area contributed by atoms with E-state index in [9.17, 15) is 0 Å². The van der Waals surface area contributed by atoms with E-state index in [1.807, 2.05) is 25.1 Å². The quantitative estimate of drug-likeness (QED) is 0.842. The summed E-state index contributed by atoms with van der Waals surface area (Å²) in [7, 11) is 0. The van der Waals surface area contributed by atoms with Gasteiger partial charge in [0.1, 0.15) is 0 Å². The minimum Gasteiger partial charge on any atom is -0.324 e. The van der Waals surface area contributed by atoms with Gasteiger partial charge in [-0.3, -0.25) is 0 Å². The molecule has 0 unspecified atom stereocenters. The van der Waals surface area contributed by atoms with E-state index in [2.05, 4.69) is 37.9 Å². The number of nitrogens with one attached hydrogen (secondary N) is 1. The molecule has 0 atom stereocenters. The van der Waals surface area contributed by atoms with Gasteiger partial charge in [-0.25, -0.2) is 9.97 Å². The molecule has 0 saturated heterocycles. The minimum atomic E-state index is 0.570. The number of halogens is 2. The zero-order chi connectivity index (χ0) is 11.5. The molecular weight excluding hydrogens is 336 g/mol. The van der Waals surface area contributed by atoms with Crippen molar-refractivity contribution in [1.29, 1.82) is 0 Å². The summed E-state index contributed by atoms with van der Waals surface area (Å²) in [5, 5.41) is 3.82. The van der Waals surface area contributed by atoms with Crippen LogP contribution in [-0.4, -0.2) is 9.97 Å². The van der Waals surface area contributed by atoms with Crippen molar-refractivity contribution in [2.24, 2.45) is 0 Å². The van der Waals surface area contributed by atoms with Gasteiger partial charge in [0.05, 0.1) is 0 Å². The van der Waals surface area contributed by atoms with Crippen molar-refractivity contribution < 1.29 is 0 Å². The molecule has 2 aromatic rings. The van der Waals surface area contributed by atoms with Crippen LogP contribution in [0, 0.1) is 10.5 Å². The van der Waals surface area contributed by atoms with Crippen LogP contribution in [-0.2, 0) is 0 Å². The van der Waals surface area contributed by atoms with E-state index in [1.165, 1.54) is 0 Å². The molecule has 0 saturated carbocycles. The van der Waals surface area contributed by atoms with Crippen molar-refractivity contribution in [2.75, 3.05) is 5.32 Å². The van der Waals surface area contributed by atoms with Gasteiger partial charge in [0.15, 0.2) is 0 Å². The van der Waals surface area contributed by atoms with Crippen LogP contribution in [0.25, 0.3) is 0 Å². The predicted molar refractivity (Wildman–Crippen MR) is 74.2 cm³/mol. The fourth-order valence-corrected chi connectivity index (χ4v) is 1.64. The average Bonchev–Trinajstić information content (AvgIpc) is 2.27.